The van der Waals surface area contributed by atoms with Crippen molar-refractivity contribution in [2.75, 3.05) is 11.1 Å². The molecule has 0 saturated heterocycles. The molecule has 26 heavy (non-hydrogen) atoms. The van der Waals surface area contributed by atoms with E-state index in [9.17, 15) is 14.7 Å². The van der Waals surface area contributed by atoms with Crippen LogP contribution < -0.4 is 11.1 Å². The highest BCUT2D eigenvalue weighted by atomic mass is 16.4. The lowest BCUT2D eigenvalue weighted by molar-refractivity contribution is -0.111. The number of nitrogens with one attached hydrogen (secondary N) is 1. The molecular weight excluding hydrogens is 328 g/mol. The van der Waals surface area contributed by atoms with Crippen molar-refractivity contribution in [3.8, 4) is 0 Å². The van der Waals surface area contributed by atoms with Crippen LogP contribution in [0.3, 0.4) is 0 Å². The third-order valence-electron chi connectivity index (χ3n) is 4.08. The molecule has 0 aromatic heterocycles. The van der Waals surface area contributed by atoms with Crippen molar-refractivity contribution in [1.29, 1.82) is 0 Å². The molecule has 0 aliphatic heterocycles. The molecule has 0 bridgehead atoms. The van der Waals surface area contributed by atoms with Crippen LogP contribution in [0.5, 0.6) is 0 Å². The van der Waals surface area contributed by atoms with Gasteiger partial charge in [-0.25, -0.2) is 4.79 Å². The lowest BCUT2D eigenvalue weighted by Gasteiger charge is -2.09. The fourth-order valence-corrected chi connectivity index (χ4v) is 2.73. The number of carboxylic acid groups (broad SMARTS) is 1. The monoisotopic (exact) mass is 346 g/mol. The standard InChI is InChI=1S/C21H18N2O3/c1-13(15-7-6-14-4-2-3-5-16(14)11-15)10-20(24)23-19-9-8-17(22)12-18(19)21(25)26/h2-12H,22H2,1H3,(H,23,24)(H,25,26)/b13-10-. The van der Waals surface area contributed by atoms with Crippen LogP contribution in [-0.4, -0.2) is 17.0 Å². The second kappa shape index (κ2) is 7.11. The first-order chi connectivity index (χ1) is 12.4. The van der Waals surface area contributed by atoms with Crippen LogP contribution in [-0.2, 0) is 4.79 Å². The van der Waals surface area contributed by atoms with Crippen molar-refractivity contribution in [1.82, 2.24) is 0 Å². The number of benzene rings is 3. The lowest BCUT2D eigenvalue weighted by Crippen LogP contribution is -2.13. The van der Waals surface area contributed by atoms with Crippen LogP contribution in [0.4, 0.5) is 11.4 Å². The van der Waals surface area contributed by atoms with E-state index in [1.807, 2.05) is 49.4 Å². The number of nitrogen functional groups attached to an aromatic ring is 1. The van der Waals surface area contributed by atoms with E-state index in [1.54, 1.807) is 6.07 Å². The summed E-state index contributed by atoms with van der Waals surface area (Å²) in [5.41, 5.74) is 7.80. The van der Waals surface area contributed by atoms with Crippen molar-refractivity contribution in [3.05, 3.63) is 77.9 Å². The van der Waals surface area contributed by atoms with Gasteiger partial charge in [0.05, 0.1) is 11.3 Å². The van der Waals surface area contributed by atoms with Gasteiger partial charge in [-0.3, -0.25) is 4.79 Å². The van der Waals surface area contributed by atoms with Crippen molar-refractivity contribution >= 4 is 39.6 Å². The number of nitrogens with two attached hydrogens (primary N) is 1. The van der Waals surface area contributed by atoms with Crippen molar-refractivity contribution in [2.24, 2.45) is 0 Å². The average molecular weight is 346 g/mol. The van der Waals surface area contributed by atoms with E-state index in [0.717, 1.165) is 21.9 Å². The number of carbonyl (C=O) groups is 2. The molecule has 5 nitrogen and oxygen atoms in total. The first-order valence-electron chi connectivity index (χ1n) is 8.05. The Morgan fingerprint density at radius 3 is 2.46 bits per heavy atom. The minimum Gasteiger partial charge on any atom is -0.478 e. The maximum Gasteiger partial charge on any atom is 0.337 e. The van der Waals surface area contributed by atoms with Gasteiger partial charge in [-0.1, -0.05) is 36.4 Å². The summed E-state index contributed by atoms with van der Waals surface area (Å²) in [6.45, 7) is 1.84. The fraction of sp³-hybridized carbons (Fsp3) is 0.0476. The predicted octanol–water partition coefficient (Wildman–Crippen LogP) is 4.16. The summed E-state index contributed by atoms with van der Waals surface area (Å²) in [6.07, 6.45) is 1.45. The highest BCUT2D eigenvalue weighted by molar-refractivity contribution is 6.07. The first-order valence-corrected chi connectivity index (χ1v) is 8.05. The zero-order valence-electron chi connectivity index (χ0n) is 14.2. The van der Waals surface area contributed by atoms with E-state index in [0.29, 0.717) is 5.69 Å². The summed E-state index contributed by atoms with van der Waals surface area (Å²) < 4.78 is 0. The number of allylic oxidation sites excluding steroid dienone is 1. The van der Waals surface area contributed by atoms with Crippen molar-refractivity contribution in [3.63, 3.8) is 0 Å². The van der Waals surface area contributed by atoms with Gasteiger partial charge in [-0.15, -0.1) is 0 Å². The molecule has 0 radical (unpaired) electrons. The maximum absolute atomic E-state index is 12.3. The topological polar surface area (TPSA) is 92.4 Å². The van der Waals surface area contributed by atoms with E-state index >= 15 is 0 Å². The molecule has 130 valence electrons. The van der Waals surface area contributed by atoms with Gasteiger partial charge in [0.15, 0.2) is 0 Å². The van der Waals surface area contributed by atoms with Crippen molar-refractivity contribution in [2.45, 2.75) is 6.92 Å². The number of carboxylic acids is 1. The van der Waals surface area contributed by atoms with E-state index in [2.05, 4.69) is 5.32 Å². The molecule has 3 rings (SSSR count). The number of rotatable bonds is 4. The lowest BCUT2D eigenvalue weighted by atomic mass is 10.0. The Kier molecular flexibility index (Phi) is 4.71. The summed E-state index contributed by atoms with van der Waals surface area (Å²) in [5, 5.41) is 14.1. The first kappa shape index (κ1) is 17.2. The van der Waals surface area contributed by atoms with Crippen LogP contribution >= 0.6 is 0 Å². The number of aromatic carboxylic acids is 1. The minimum atomic E-state index is -1.15. The van der Waals surface area contributed by atoms with E-state index in [4.69, 9.17) is 5.73 Å². The number of anilines is 2. The number of fused-ring (bicyclic) bond motifs is 1. The smallest absolute Gasteiger partial charge is 0.337 e. The SMILES string of the molecule is C/C(=C/C(=O)Nc1ccc(N)cc1C(=O)O)c1ccc2ccccc2c1. The summed E-state index contributed by atoms with van der Waals surface area (Å²) in [5.74, 6) is -1.55. The Bertz CT molecular complexity index is 1040. The van der Waals surface area contributed by atoms with E-state index in [-0.39, 0.29) is 11.3 Å². The molecule has 5 heteroatoms. The molecule has 0 atom stereocenters. The van der Waals surface area contributed by atoms with Crippen LogP contribution in [0.25, 0.3) is 16.3 Å². The molecule has 0 aliphatic carbocycles. The Balaban J connectivity index is 1.85. The Morgan fingerprint density at radius 1 is 1.00 bits per heavy atom. The third-order valence-corrected chi connectivity index (χ3v) is 4.08. The van der Waals surface area contributed by atoms with Crippen LogP contribution in [0.1, 0.15) is 22.8 Å². The Labute approximate surface area is 150 Å². The van der Waals surface area contributed by atoms with E-state index < -0.39 is 11.9 Å². The molecule has 0 heterocycles. The molecule has 0 fully saturated rings. The molecule has 0 spiro atoms. The number of amides is 1. The van der Waals surface area contributed by atoms with Gasteiger partial charge in [0, 0.05) is 11.8 Å². The second-order valence-electron chi connectivity index (χ2n) is 5.99. The Hall–Kier alpha value is -3.60. The van der Waals surface area contributed by atoms with Crippen molar-refractivity contribution < 1.29 is 14.7 Å². The van der Waals surface area contributed by atoms with Gasteiger partial charge in [-0.2, -0.15) is 0 Å². The molecule has 3 aromatic carbocycles. The normalized spacial score (nSPS) is 11.3. The van der Waals surface area contributed by atoms with E-state index in [1.165, 1.54) is 18.2 Å². The largest absolute Gasteiger partial charge is 0.478 e. The highest BCUT2D eigenvalue weighted by Gasteiger charge is 2.12. The zero-order valence-corrected chi connectivity index (χ0v) is 14.2. The van der Waals surface area contributed by atoms with Crippen LogP contribution in [0.2, 0.25) is 0 Å². The van der Waals surface area contributed by atoms with Crippen LogP contribution in [0, 0.1) is 0 Å². The highest BCUT2D eigenvalue weighted by Crippen LogP contribution is 2.22. The zero-order chi connectivity index (χ0) is 18.7. The minimum absolute atomic E-state index is 0.0462. The summed E-state index contributed by atoms with van der Waals surface area (Å²) >= 11 is 0. The molecule has 4 N–H and O–H groups in total. The molecule has 0 unspecified atom stereocenters. The molecule has 3 aromatic rings. The molecule has 1 amide bonds. The summed E-state index contributed by atoms with van der Waals surface area (Å²) in [6, 6.07) is 18.3. The number of carbonyl (C=O) groups excluding carboxylic acids is 1. The van der Waals surface area contributed by atoms with Gasteiger partial charge in [0.1, 0.15) is 0 Å². The summed E-state index contributed by atoms with van der Waals surface area (Å²) in [7, 11) is 0. The second-order valence-corrected chi connectivity index (χ2v) is 5.99. The Morgan fingerprint density at radius 2 is 1.73 bits per heavy atom. The third kappa shape index (κ3) is 3.72. The summed E-state index contributed by atoms with van der Waals surface area (Å²) in [4.78, 5) is 23.6. The average Bonchev–Trinajstić information content (AvgIpc) is 2.62. The fourth-order valence-electron chi connectivity index (χ4n) is 2.73. The van der Waals surface area contributed by atoms with Gasteiger partial charge < -0.3 is 16.2 Å². The molecule has 0 aliphatic rings. The van der Waals surface area contributed by atoms with Crippen LogP contribution in [0.15, 0.2) is 66.7 Å². The molecule has 0 saturated carbocycles. The maximum atomic E-state index is 12.3. The van der Waals surface area contributed by atoms with Gasteiger partial charge in [0.25, 0.3) is 0 Å². The van der Waals surface area contributed by atoms with Gasteiger partial charge in [-0.05, 0) is 53.1 Å². The predicted molar refractivity (Wildman–Crippen MR) is 104 cm³/mol. The molecular formula is C21H18N2O3. The van der Waals surface area contributed by atoms with Gasteiger partial charge >= 0.3 is 5.97 Å². The number of hydrogen-bond donors (Lipinski definition) is 3. The number of hydrogen-bond acceptors (Lipinski definition) is 3. The quantitative estimate of drug-likeness (QED) is 0.488. The van der Waals surface area contributed by atoms with Gasteiger partial charge in [0.2, 0.25) is 5.91 Å².